The van der Waals surface area contributed by atoms with Crippen LogP contribution in [-0.4, -0.2) is 23.7 Å². The van der Waals surface area contributed by atoms with Crippen molar-refractivity contribution < 1.29 is 13.9 Å². The number of halogens is 2. The molecule has 3 atom stereocenters. The van der Waals surface area contributed by atoms with Crippen LogP contribution in [-0.2, 0) is 0 Å². The Morgan fingerprint density at radius 3 is 2.88 bits per heavy atom. The number of ether oxygens (including phenoxy) is 1. The number of benzene rings is 1. The Labute approximate surface area is 147 Å². The van der Waals surface area contributed by atoms with Crippen molar-refractivity contribution in [2.75, 3.05) is 11.5 Å². The summed E-state index contributed by atoms with van der Waals surface area (Å²) in [5.41, 5.74) is 6.49. The molecule has 1 unspecified atom stereocenters. The van der Waals surface area contributed by atoms with Crippen LogP contribution < -0.4 is 15.4 Å². The van der Waals surface area contributed by atoms with Gasteiger partial charge in [0.1, 0.15) is 11.9 Å². The normalized spacial score (nSPS) is 22.8. The number of primary amides is 1. The van der Waals surface area contributed by atoms with Crippen molar-refractivity contribution >= 4 is 23.4 Å². The summed E-state index contributed by atoms with van der Waals surface area (Å²) in [4.78, 5) is 17.5. The van der Waals surface area contributed by atoms with Gasteiger partial charge in [0.25, 0.3) is 0 Å². The highest BCUT2D eigenvalue weighted by Gasteiger charge is 2.60. The first-order valence-corrected chi connectivity index (χ1v) is 7.96. The number of fused-ring (bicyclic) bond motifs is 3. The van der Waals surface area contributed by atoms with Gasteiger partial charge in [-0.05, 0) is 24.3 Å². The molecule has 6 nitrogen and oxygen atoms in total. The number of nitriles is 1. The Bertz CT molecular complexity index is 912. The molecule has 4 rings (SSSR count). The Balaban J connectivity index is 1.73. The van der Waals surface area contributed by atoms with E-state index in [9.17, 15) is 9.18 Å². The van der Waals surface area contributed by atoms with Crippen LogP contribution >= 0.6 is 11.6 Å². The number of rotatable bonds is 2. The molecule has 8 heteroatoms. The van der Waals surface area contributed by atoms with Gasteiger partial charge in [0.05, 0.1) is 18.2 Å². The van der Waals surface area contributed by atoms with E-state index in [1.54, 1.807) is 12.1 Å². The van der Waals surface area contributed by atoms with E-state index in [1.807, 2.05) is 6.07 Å². The molecular formula is C17H12ClFN4O2. The van der Waals surface area contributed by atoms with Gasteiger partial charge in [0.15, 0.2) is 11.6 Å². The van der Waals surface area contributed by atoms with Gasteiger partial charge in [-0.1, -0.05) is 11.6 Å². The van der Waals surface area contributed by atoms with Gasteiger partial charge in [-0.15, -0.1) is 0 Å². The average Bonchev–Trinajstić information content (AvgIpc) is 3.32. The van der Waals surface area contributed by atoms with Crippen LogP contribution in [0.2, 0.25) is 5.02 Å². The standard InChI is InChI=1S/C17H12ClFN4O2/c18-10-2-3-11(19)16-14(10)13-9(7-25-16)15(13)23(17(21)24)12-4-1-8(5-20)6-22-12/h1-4,6,9,13,15H,7H2,(H2,21,24)/t9-,13-,15?/m0/s1. The molecule has 0 radical (unpaired) electrons. The quantitative estimate of drug-likeness (QED) is 0.893. The lowest BCUT2D eigenvalue weighted by Crippen LogP contribution is -2.39. The minimum absolute atomic E-state index is 0.0447. The molecule has 0 spiro atoms. The second-order valence-corrected chi connectivity index (χ2v) is 6.40. The summed E-state index contributed by atoms with van der Waals surface area (Å²) in [7, 11) is 0. The van der Waals surface area contributed by atoms with E-state index in [1.165, 1.54) is 23.2 Å². The molecule has 1 aliphatic carbocycles. The lowest BCUT2D eigenvalue weighted by molar-refractivity contribution is 0.251. The maximum Gasteiger partial charge on any atom is 0.320 e. The summed E-state index contributed by atoms with van der Waals surface area (Å²) < 4.78 is 19.5. The monoisotopic (exact) mass is 358 g/mol. The van der Waals surface area contributed by atoms with E-state index in [2.05, 4.69) is 4.98 Å². The first kappa shape index (κ1) is 15.7. The molecule has 1 aromatic carbocycles. The van der Waals surface area contributed by atoms with Crippen LogP contribution in [0.15, 0.2) is 30.5 Å². The molecular weight excluding hydrogens is 347 g/mol. The van der Waals surface area contributed by atoms with E-state index in [4.69, 9.17) is 27.3 Å². The Morgan fingerprint density at radius 1 is 1.44 bits per heavy atom. The Morgan fingerprint density at radius 2 is 2.24 bits per heavy atom. The van der Waals surface area contributed by atoms with Gasteiger partial charge in [0.2, 0.25) is 0 Å². The number of nitrogens with two attached hydrogens (primary N) is 1. The van der Waals surface area contributed by atoms with Gasteiger partial charge < -0.3 is 10.5 Å². The smallest absolute Gasteiger partial charge is 0.320 e. The number of nitrogens with zero attached hydrogens (tertiary/aromatic N) is 3. The van der Waals surface area contributed by atoms with Gasteiger partial charge in [-0.25, -0.2) is 14.2 Å². The third-order valence-corrected chi connectivity index (χ3v) is 4.96. The number of anilines is 1. The molecule has 1 fully saturated rings. The summed E-state index contributed by atoms with van der Waals surface area (Å²) in [5.74, 6) is -0.229. The zero-order chi connectivity index (χ0) is 17.7. The molecule has 1 saturated carbocycles. The first-order valence-electron chi connectivity index (χ1n) is 7.58. The molecule has 2 heterocycles. The van der Waals surface area contributed by atoms with Crippen molar-refractivity contribution in [2.45, 2.75) is 12.0 Å². The molecule has 0 saturated heterocycles. The molecule has 2 aliphatic rings. The van der Waals surface area contributed by atoms with Crippen LogP contribution in [0.25, 0.3) is 0 Å². The molecule has 2 N–H and O–H groups in total. The van der Waals surface area contributed by atoms with Gasteiger partial charge in [0, 0.05) is 28.6 Å². The second-order valence-electron chi connectivity index (χ2n) is 5.99. The first-order chi connectivity index (χ1) is 12.0. The minimum atomic E-state index is -0.675. The van der Waals surface area contributed by atoms with Crippen molar-refractivity contribution in [3.8, 4) is 11.8 Å². The number of carbonyl (C=O) groups is 1. The number of hydrogen-bond donors (Lipinski definition) is 1. The van der Waals surface area contributed by atoms with E-state index in [-0.39, 0.29) is 30.2 Å². The summed E-state index contributed by atoms with van der Waals surface area (Å²) in [6.07, 6.45) is 1.37. The number of amides is 2. The molecule has 25 heavy (non-hydrogen) atoms. The highest BCUT2D eigenvalue weighted by Crippen LogP contribution is 2.59. The number of aromatic nitrogens is 1. The van der Waals surface area contributed by atoms with E-state index < -0.39 is 11.8 Å². The number of pyridine rings is 1. The van der Waals surface area contributed by atoms with Gasteiger partial charge >= 0.3 is 6.03 Å². The fourth-order valence-electron chi connectivity index (χ4n) is 3.49. The number of carbonyl (C=O) groups excluding carboxylic acids is 1. The number of hydrogen-bond acceptors (Lipinski definition) is 4. The van der Waals surface area contributed by atoms with Crippen LogP contribution in [0, 0.1) is 23.1 Å². The van der Waals surface area contributed by atoms with Crippen LogP contribution in [0.3, 0.4) is 0 Å². The SMILES string of the molecule is N#Cc1ccc(N(C(N)=O)C2[C@H]3COc4c(F)ccc(Cl)c4[C@@H]23)nc1. The maximum atomic E-state index is 14.0. The van der Waals surface area contributed by atoms with Crippen molar-refractivity contribution in [3.63, 3.8) is 0 Å². The second kappa shape index (κ2) is 5.60. The van der Waals surface area contributed by atoms with Crippen molar-refractivity contribution in [1.82, 2.24) is 4.98 Å². The molecule has 1 aliphatic heterocycles. The Kier molecular flexibility index (Phi) is 3.51. The van der Waals surface area contributed by atoms with Crippen LogP contribution in [0.4, 0.5) is 15.0 Å². The Hall–Kier alpha value is -2.85. The highest BCUT2D eigenvalue weighted by atomic mass is 35.5. The number of urea groups is 1. The molecule has 2 aromatic rings. The molecule has 126 valence electrons. The third kappa shape index (κ3) is 2.37. The summed E-state index contributed by atoms with van der Waals surface area (Å²) >= 11 is 6.24. The fraction of sp³-hybridized carbons (Fsp3) is 0.235. The van der Waals surface area contributed by atoms with E-state index in [0.29, 0.717) is 22.0 Å². The molecule has 0 bridgehead atoms. The summed E-state index contributed by atoms with van der Waals surface area (Å²) in [5, 5.41) is 9.26. The molecule has 2 amide bonds. The predicted octanol–water partition coefficient (Wildman–Crippen LogP) is 2.81. The third-order valence-electron chi connectivity index (χ3n) is 4.63. The minimum Gasteiger partial charge on any atom is -0.490 e. The maximum absolute atomic E-state index is 14.0. The summed E-state index contributed by atoms with van der Waals surface area (Å²) in [6, 6.07) is 6.82. The molecule has 1 aromatic heterocycles. The average molecular weight is 359 g/mol. The van der Waals surface area contributed by atoms with E-state index >= 15 is 0 Å². The highest BCUT2D eigenvalue weighted by molar-refractivity contribution is 6.31. The largest absolute Gasteiger partial charge is 0.490 e. The lowest BCUT2D eigenvalue weighted by atomic mass is 10.1. The zero-order valence-electron chi connectivity index (χ0n) is 12.8. The van der Waals surface area contributed by atoms with Gasteiger partial charge in [-0.2, -0.15) is 5.26 Å². The zero-order valence-corrected chi connectivity index (χ0v) is 13.6. The summed E-state index contributed by atoms with van der Waals surface area (Å²) in [6.45, 7) is 0.264. The van der Waals surface area contributed by atoms with Crippen LogP contribution in [0.5, 0.6) is 5.75 Å². The lowest BCUT2D eigenvalue weighted by Gasteiger charge is -2.20. The predicted molar refractivity (Wildman–Crippen MR) is 87.9 cm³/mol. The van der Waals surface area contributed by atoms with E-state index in [0.717, 1.165) is 0 Å². The van der Waals surface area contributed by atoms with Crippen molar-refractivity contribution in [3.05, 3.63) is 52.4 Å². The van der Waals surface area contributed by atoms with Crippen molar-refractivity contribution in [2.24, 2.45) is 11.7 Å². The van der Waals surface area contributed by atoms with Crippen molar-refractivity contribution in [1.29, 1.82) is 5.26 Å². The fourth-order valence-corrected chi connectivity index (χ4v) is 3.76. The van der Waals surface area contributed by atoms with Gasteiger partial charge in [-0.3, -0.25) is 4.90 Å². The topological polar surface area (TPSA) is 92.2 Å². The van der Waals surface area contributed by atoms with Crippen LogP contribution in [0.1, 0.15) is 17.0 Å².